The number of nitrogen functional groups attached to an aromatic ring is 1. The summed E-state index contributed by atoms with van der Waals surface area (Å²) in [6.45, 7) is 0.0480. The molecule has 9 nitrogen and oxygen atoms in total. The van der Waals surface area contributed by atoms with Gasteiger partial charge in [-0.2, -0.15) is 0 Å². The van der Waals surface area contributed by atoms with Crippen LogP contribution < -0.4 is 25.8 Å². The normalized spacial score (nSPS) is 12.2. The van der Waals surface area contributed by atoms with Gasteiger partial charge in [0.15, 0.2) is 6.10 Å². The molecular weight excluding hydrogens is 626 g/mol. The molecule has 0 aliphatic rings. The molecule has 0 aliphatic heterocycles. The zero-order chi connectivity index (χ0) is 31.1. The lowest BCUT2D eigenvalue weighted by atomic mass is 10.00. The topological polar surface area (TPSA) is 132 Å². The Bertz CT molecular complexity index is 1510. The number of para-hydroxylation sites is 3. The number of halogens is 1. The molecule has 2 amide bonds. The number of nitrogens with two attached hydrogens (primary N) is 1. The van der Waals surface area contributed by atoms with E-state index in [4.69, 9.17) is 25.1 Å². The Morgan fingerprint density at radius 1 is 0.864 bits per heavy atom. The van der Waals surface area contributed by atoms with Gasteiger partial charge in [-0.05, 0) is 85.1 Å². The summed E-state index contributed by atoms with van der Waals surface area (Å²) in [5, 5.41) is 14.6. The molecule has 0 aliphatic carbocycles. The highest BCUT2D eigenvalue weighted by atomic mass is 79.9. The minimum atomic E-state index is -0.830. The smallest absolute Gasteiger partial charge is 0.412 e. The summed E-state index contributed by atoms with van der Waals surface area (Å²) in [4.78, 5) is 25.6. The predicted octanol–water partition coefficient (Wildman–Crippen LogP) is 7.11. The van der Waals surface area contributed by atoms with Gasteiger partial charge in [0.25, 0.3) is 0 Å². The summed E-state index contributed by atoms with van der Waals surface area (Å²) in [6.07, 6.45) is 1.91. The molecule has 4 aromatic carbocycles. The van der Waals surface area contributed by atoms with Crippen LogP contribution in [0.1, 0.15) is 24.5 Å². The fourth-order valence-electron chi connectivity index (χ4n) is 4.25. The Hall–Kier alpha value is -4.80. The predicted molar refractivity (Wildman–Crippen MR) is 175 cm³/mol. The fourth-order valence-corrected chi connectivity index (χ4v) is 4.52. The maximum Gasteiger partial charge on any atom is 0.412 e. The van der Waals surface area contributed by atoms with Crippen LogP contribution in [0.5, 0.6) is 11.5 Å². The standard InChI is InChI=1S/C34H34BrN3O6/c35-25-16-18-26(19-17-25)37-34(41)44-33(24-14-20-27(21-15-24)42-23-22-39)31(43-28-8-2-1-3-9-28)12-6-7-13-32(40)38-30-11-5-4-10-29(30)36/h1-5,7-11,13-21,31,33,39H,6,12,22-23,36H2,(H,37,41)(H,38,40)/b13-7+/t31-,33-/m0/s1. The number of carbonyl (C=O) groups excluding carboxylic acids is 2. The minimum absolute atomic E-state index is 0.110. The van der Waals surface area contributed by atoms with E-state index in [0.29, 0.717) is 47.0 Å². The van der Waals surface area contributed by atoms with E-state index < -0.39 is 18.3 Å². The third-order valence-electron chi connectivity index (χ3n) is 6.37. The summed E-state index contributed by atoms with van der Waals surface area (Å²) in [5.41, 5.74) is 8.18. The molecule has 0 saturated carbocycles. The zero-order valence-electron chi connectivity index (χ0n) is 23.9. The van der Waals surface area contributed by atoms with Gasteiger partial charge in [0, 0.05) is 10.2 Å². The Labute approximate surface area is 264 Å². The Kier molecular flexibility index (Phi) is 12.2. The lowest BCUT2D eigenvalue weighted by Gasteiger charge is -2.28. The lowest BCUT2D eigenvalue weighted by Crippen LogP contribution is -2.31. The molecule has 0 unspecified atom stereocenters. The van der Waals surface area contributed by atoms with Crippen molar-refractivity contribution in [3.05, 3.63) is 125 Å². The number of aliphatic hydroxyl groups is 1. The van der Waals surface area contributed by atoms with Crippen molar-refractivity contribution in [3.63, 3.8) is 0 Å². The summed E-state index contributed by atoms with van der Waals surface area (Å²) in [7, 11) is 0. The second-order valence-corrected chi connectivity index (χ2v) is 10.5. The van der Waals surface area contributed by atoms with Gasteiger partial charge in [-0.15, -0.1) is 0 Å². The Balaban J connectivity index is 1.54. The molecule has 4 aromatic rings. The fraction of sp³-hybridized carbons (Fsp3) is 0.176. The summed E-state index contributed by atoms with van der Waals surface area (Å²) in [6, 6.07) is 30.5. The van der Waals surface area contributed by atoms with Crippen molar-refractivity contribution in [2.24, 2.45) is 0 Å². The number of hydrogen-bond acceptors (Lipinski definition) is 7. The van der Waals surface area contributed by atoms with Crippen LogP contribution in [-0.4, -0.2) is 36.4 Å². The van der Waals surface area contributed by atoms with Gasteiger partial charge in [-0.25, -0.2) is 4.79 Å². The number of aliphatic hydroxyl groups excluding tert-OH is 1. The highest BCUT2D eigenvalue weighted by Gasteiger charge is 2.29. The molecule has 5 N–H and O–H groups in total. The van der Waals surface area contributed by atoms with Crippen molar-refractivity contribution < 1.29 is 28.9 Å². The summed E-state index contributed by atoms with van der Waals surface area (Å²) in [5.74, 6) is 0.849. The maximum absolute atomic E-state index is 13.1. The van der Waals surface area contributed by atoms with Crippen molar-refractivity contribution in [2.75, 3.05) is 29.6 Å². The van der Waals surface area contributed by atoms with Crippen LogP contribution in [0.15, 0.2) is 120 Å². The maximum atomic E-state index is 13.1. The molecule has 0 fully saturated rings. The first kappa shape index (κ1) is 32.1. The number of benzene rings is 4. The molecule has 0 saturated heterocycles. The van der Waals surface area contributed by atoms with Gasteiger partial charge >= 0.3 is 6.09 Å². The average Bonchev–Trinajstić information content (AvgIpc) is 3.03. The number of rotatable bonds is 14. The van der Waals surface area contributed by atoms with E-state index >= 15 is 0 Å². The summed E-state index contributed by atoms with van der Waals surface area (Å²) >= 11 is 3.39. The second-order valence-electron chi connectivity index (χ2n) is 9.62. The number of carbonyl (C=O) groups is 2. The van der Waals surface area contributed by atoms with Crippen molar-refractivity contribution >= 4 is 45.0 Å². The van der Waals surface area contributed by atoms with E-state index in [1.807, 2.05) is 42.5 Å². The summed E-state index contributed by atoms with van der Waals surface area (Å²) < 4.78 is 18.8. The molecule has 10 heteroatoms. The lowest BCUT2D eigenvalue weighted by molar-refractivity contribution is -0.111. The first-order chi connectivity index (χ1) is 21.4. The molecule has 0 heterocycles. The Morgan fingerprint density at radius 3 is 2.27 bits per heavy atom. The number of allylic oxidation sites excluding steroid dienone is 1. The molecular formula is C34H34BrN3O6. The zero-order valence-corrected chi connectivity index (χ0v) is 25.5. The van der Waals surface area contributed by atoms with Crippen molar-refractivity contribution in [1.82, 2.24) is 0 Å². The van der Waals surface area contributed by atoms with Crippen LogP contribution in [0, 0.1) is 0 Å². The molecule has 228 valence electrons. The van der Waals surface area contributed by atoms with E-state index in [0.717, 1.165) is 4.47 Å². The first-order valence-electron chi connectivity index (χ1n) is 14.0. The van der Waals surface area contributed by atoms with Gasteiger partial charge in [0.2, 0.25) is 5.91 Å². The molecule has 2 atom stereocenters. The molecule has 44 heavy (non-hydrogen) atoms. The van der Waals surface area contributed by atoms with E-state index in [-0.39, 0.29) is 19.1 Å². The van der Waals surface area contributed by atoms with E-state index in [1.54, 1.807) is 66.7 Å². The average molecular weight is 661 g/mol. The van der Waals surface area contributed by atoms with Gasteiger partial charge in [0.1, 0.15) is 24.2 Å². The largest absolute Gasteiger partial charge is 0.491 e. The van der Waals surface area contributed by atoms with Crippen LogP contribution >= 0.6 is 15.9 Å². The number of nitrogens with one attached hydrogen (secondary N) is 2. The van der Waals surface area contributed by atoms with Crippen molar-refractivity contribution in [2.45, 2.75) is 25.0 Å². The molecule has 0 radical (unpaired) electrons. The number of hydrogen-bond donors (Lipinski definition) is 4. The third-order valence-corrected chi connectivity index (χ3v) is 6.90. The second kappa shape index (κ2) is 16.7. The van der Waals surface area contributed by atoms with E-state index in [9.17, 15) is 9.59 Å². The van der Waals surface area contributed by atoms with Gasteiger partial charge in [-0.3, -0.25) is 10.1 Å². The van der Waals surface area contributed by atoms with Crippen molar-refractivity contribution in [3.8, 4) is 11.5 Å². The third kappa shape index (κ3) is 10.2. The van der Waals surface area contributed by atoms with Crippen LogP contribution in [0.3, 0.4) is 0 Å². The molecule has 0 spiro atoms. The van der Waals surface area contributed by atoms with Crippen molar-refractivity contribution in [1.29, 1.82) is 0 Å². The molecule has 0 aromatic heterocycles. The number of ether oxygens (including phenoxy) is 3. The van der Waals surface area contributed by atoms with Crippen LogP contribution in [0.2, 0.25) is 0 Å². The molecule has 0 bridgehead atoms. The van der Waals surface area contributed by atoms with Gasteiger partial charge < -0.3 is 30.4 Å². The molecule has 4 rings (SSSR count). The van der Waals surface area contributed by atoms with E-state index in [2.05, 4.69) is 26.6 Å². The monoisotopic (exact) mass is 659 g/mol. The number of amides is 2. The van der Waals surface area contributed by atoms with Crippen LogP contribution in [-0.2, 0) is 9.53 Å². The Morgan fingerprint density at radius 2 is 1.57 bits per heavy atom. The first-order valence-corrected chi connectivity index (χ1v) is 14.8. The van der Waals surface area contributed by atoms with Gasteiger partial charge in [0.05, 0.1) is 18.0 Å². The highest BCUT2D eigenvalue weighted by Crippen LogP contribution is 2.31. The minimum Gasteiger partial charge on any atom is -0.491 e. The van der Waals surface area contributed by atoms with Gasteiger partial charge in [-0.1, -0.05) is 64.5 Å². The van der Waals surface area contributed by atoms with Crippen LogP contribution in [0.4, 0.5) is 21.9 Å². The quantitative estimate of drug-likeness (QED) is 0.0837. The van der Waals surface area contributed by atoms with E-state index in [1.165, 1.54) is 6.08 Å². The SMILES string of the molecule is Nc1ccccc1NC(=O)/C=C/CC[C@H](Oc1ccccc1)[C@@H](OC(=O)Nc1ccc(Br)cc1)c1ccc(OCCO)cc1. The highest BCUT2D eigenvalue weighted by molar-refractivity contribution is 9.10. The number of anilines is 3. The van der Waals surface area contributed by atoms with Crippen LogP contribution in [0.25, 0.3) is 0 Å².